The van der Waals surface area contributed by atoms with Gasteiger partial charge in [-0.1, -0.05) is 59.0 Å². The van der Waals surface area contributed by atoms with Gasteiger partial charge in [0.15, 0.2) is 11.7 Å². The van der Waals surface area contributed by atoms with E-state index in [9.17, 15) is 24.6 Å². The summed E-state index contributed by atoms with van der Waals surface area (Å²) in [7, 11) is 1.67. The number of hydrogen-bond donors (Lipinski definition) is 3. The van der Waals surface area contributed by atoms with Crippen LogP contribution in [-0.4, -0.2) is 87.7 Å². The van der Waals surface area contributed by atoms with Crippen LogP contribution in [0, 0.1) is 0 Å². The van der Waals surface area contributed by atoms with Crippen LogP contribution in [0.3, 0.4) is 0 Å². The SMILES string of the molecule is Cn1nnnc1SCC1=C(C(=O)O)N2C(=O)C(NC(=O)C(=NOCSc3ccccc3)c3cccc(O)c3)[C@@H]2SC1. The van der Waals surface area contributed by atoms with E-state index in [0.29, 0.717) is 16.5 Å². The number of carbonyl (C=O) groups is 3. The number of aromatic hydroxyl groups is 1. The van der Waals surface area contributed by atoms with E-state index in [4.69, 9.17) is 4.84 Å². The lowest BCUT2D eigenvalue weighted by atomic mass is 10.0. The summed E-state index contributed by atoms with van der Waals surface area (Å²) < 4.78 is 1.47. The minimum atomic E-state index is -1.23. The molecule has 2 aromatic carbocycles. The summed E-state index contributed by atoms with van der Waals surface area (Å²) in [5, 5.41) is 37.7. The highest BCUT2D eigenvalue weighted by Gasteiger charge is 2.54. The topological polar surface area (TPSA) is 172 Å². The molecule has 2 aliphatic rings. The standard InChI is InChI=1S/C25H23N7O6S3/c1-31-25(27-29-30-31)40-12-15-11-39-23-19(22(35)32(23)20(15)24(36)37)26-21(34)18(14-6-5-7-16(33)10-14)28-38-13-41-17-8-3-2-4-9-17/h2-10,19,23,33H,11-13H2,1H3,(H,26,34)(H,36,37)/t19?,23-/m0/s1. The number of amides is 2. The lowest BCUT2D eigenvalue weighted by molar-refractivity contribution is -0.150. The van der Waals surface area contributed by atoms with E-state index in [1.165, 1.54) is 57.0 Å². The van der Waals surface area contributed by atoms with Crippen molar-refractivity contribution in [2.75, 3.05) is 17.4 Å². The molecule has 0 bridgehead atoms. The number of tetrazole rings is 1. The average Bonchev–Trinajstić information content (AvgIpc) is 3.38. The van der Waals surface area contributed by atoms with E-state index in [2.05, 4.69) is 26.0 Å². The zero-order chi connectivity index (χ0) is 28.9. The Kier molecular flexibility index (Phi) is 8.80. The third-order valence-electron chi connectivity index (χ3n) is 6.01. The first kappa shape index (κ1) is 28.5. The molecule has 1 aromatic heterocycles. The molecule has 3 aromatic rings. The third-order valence-corrected chi connectivity index (χ3v) is 9.27. The number of rotatable bonds is 11. The monoisotopic (exact) mass is 613 g/mol. The summed E-state index contributed by atoms with van der Waals surface area (Å²) >= 11 is 3.99. The lowest BCUT2D eigenvalue weighted by Crippen LogP contribution is -2.71. The molecule has 1 unspecified atom stereocenters. The summed E-state index contributed by atoms with van der Waals surface area (Å²) in [5.74, 6) is -1.81. The van der Waals surface area contributed by atoms with Crippen LogP contribution in [0.5, 0.6) is 5.75 Å². The number of nitrogens with one attached hydrogen (secondary N) is 1. The number of benzene rings is 2. The largest absolute Gasteiger partial charge is 0.508 e. The first-order valence-electron chi connectivity index (χ1n) is 12.1. The van der Waals surface area contributed by atoms with Crippen molar-refractivity contribution < 1.29 is 29.4 Å². The minimum absolute atomic E-state index is 0.0749. The fraction of sp³-hybridized carbons (Fsp3) is 0.240. The van der Waals surface area contributed by atoms with E-state index in [0.717, 1.165) is 4.90 Å². The number of nitrogens with zero attached hydrogens (tertiary/aromatic N) is 6. The number of carboxylic acid groups (broad SMARTS) is 1. The van der Waals surface area contributed by atoms with Crippen molar-refractivity contribution in [1.29, 1.82) is 0 Å². The van der Waals surface area contributed by atoms with Crippen LogP contribution in [0.2, 0.25) is 0 Å². The Morgan fingerprint density at radius 3 is 2.71 bits per heavy atom. The third kappa shape index (κ3) is 6.34. The van der Waals surface area contributed by atoms with Gasteiger partial charge >= 0.3 is 5.97 Å². The predicted octanol–water partition coefficient (Wildman–Crippen LogP) is 1.92. The summed E-state index contributed by atoms with van der Waals surface area (Å²) in [6, 6.07) is 14.5. The maximum absolute atomic E-state index is 13.3. The molecular weight excluding hydrogens is 591 g/mol. The van der Waals surface area contributed by atoms with Crippen LogP contribution in [0.1, 0.15) is 5.56 Å². The van der Waals surface area contributed by atoms with E-state index in [1.54, 1.807) is 19.2 Å². The van der Waals surface area contributed by atoms with Crippen molar-refractivity contribution in [3.63, 3.8) is 0 Å². The molecule has 3 heterocycles. The van der Waals surface area contributed by atoms with Gasteiger partial charge in [0.2, 0.25) is 5.16 Å². The van der Waals surface area contributed by atoms with E-state index in [-0.39, 0.29) is 34.4 Å². The van der Waals surface area contributed by atoms with Crippen molar-refractivity contribution in [2.45, 2.75) is 21.5 Å². The molecular formula is C25H23N7O6S3. The highest BCUT2D eigenvalue weighted by Crippen LogP contribution is 2.41. The highest BCUT2D eigenvalue weighted by molar-refractivity contribution is 8.01. The Hall–Kier alpha value is -4.02. The molecule has 0 saturated carbocycles. The maximum atomic E-state index is 13.3. The van der Waals surface area contributed by atoms with Crippen LogP contribution in [0.25, 0.3) is 0 Å². The van der Waals surface area contributed by atoms with Crippen molar-refractivity contribution in [1.82, 2.24) is 30.4 Å². The highest BCUT2D eigenvalue weighted by atomic mass is 32.2. The molecule has 0 spiro atoms. The second-order valence-electron chi connectivity index (χ2n) is 8.69. The van der Waals surface area contributed by atoms with Gasteiger partial charge in [-0.25, -0.2) is 9.48 Å². The van der Waals surface area contributed by atoms with Gasteiger partial charge in [-0.2, -0.15) is 0 Å². The van der Waals surface area contributed by atoms with Gasteiger partial charge < -0.3 is 20.4 Å². The van der Waals surface area contributed by atoms with Crippen LogP contribution in [-0.2, 0) is 26.3 Å². The molecule has 2 amide bonds. The van der Waals surface area contributed by atoms with Gasteiger partial charge in [0.25, 0.3) is 11.8 Å². The minimum Gasteiger partial charge on any atom is -0.508 e. The number of carboxylic acids is 1. The Morgan fingerprint density at radius 1 is 1.20 bits per heavy atom. The number of β-lactam (4-membered cyclic amide) rings is 1. The van der Waals surface area contributed by atoms with Gasteiger partial charge in [-0.15, -0.1) is 16.9 Å². The number of aromatic nitrogens is 4. The first-order valence-corrected chi connectivity index (χ1v) is 15.1. The number of thioether (sulfide) groups is 3. The van der Waals surface area contributed by atoms with Gasteiger partial charge in [0, 0.05) is 29.0 Å². The Labute approximate surface area is 246 Å². The number of phenols is 1. The van der Waals surface area contributed by atoms with E-state index in [1.807, 2.05) is 30.3 Å². The van der Waals surface area contributed by atoms with E-state index < -0.39 is 29.2 Å². The first-order chi connectivity index (χ1) is 19.8. The van der Waals surface area contributed by atoms with Crippen LogP contribution >= 0.6 is 35.3 Å². The molecule has 5 rings (SSSR count). The molecule has 1 fully saturated rings. The molecule has 16 heteroatoms. The quantitative estimate of drug-likeness (QED) is 0.0718. The van der Waals surface area contributed by atoms with Crippen molar-refractivity contribution in [3.05, 3.63) is 71.4 Å². The van der Waals surface area contributed by atoms with Crippen molar-refractivity contribution in [3.8, 4) is 5.75 Å². The zero-order valence-electron chi connectivity index (χ0n) is 21.4. The van der Waals surface area contributed by atoms with E-state index >= 15 is 0 Å². The van der Waals surface area contributed by atoms with Crippen LogP contribution in [0.4, 0.5) is 0 Å². The summed E-state index contributed by atoms with van der Waals surface area (Å²) in [6.45, 7) is 0. The fourth-order valence-corrected chi connectivity index (χ4v) is 7.01. The Bertz CT molecular complexity index is 1530. The Morgan fingerprint density at radius 2 is 2.00 bits per heavy atom. The molecule has 0 aliphatic carbocycles. The fourth-order valence-electron chi connectivity index (χ4n) is 4.08. The summed E-state index contributed by atoms with van der Waals surface area (Å²) in [4.78, 5) is 46.2. The number of phenolic OH excluding ortho intramolecular Hbond substituents is 1. The lowest BCUT2D eigenvalue weighted by Gasteiger charge is -2.49. The number of aliphatic carboxylic acids is 1. The molecule has 0 radical (unpaired) electrons. The second kappa shape index (κ2) is 12.7. The molecule has 41 heavy (non-hydrogen) atoms. The number of aryl methyl sites for hydroxylation is 1. The number of carbonyl (C=O) groups excluding carboxylic acids is 2. The van der Waals surface area contributed by atoms with Crippen molar-refractivity contribution in [2.24, 2.45) is 12.2 Å². The zero-order valence-corrected chi connectivity index (χ0v) is 23.9. The Balaban J connectivity index is 1.29. The molecule has 2 atom stereocenters. The van der Waals surface area contributed by atoms with Gasteiger partial charge in [-0.05, 0) is 40.3 Å². The molecule has 2 aliphatic heterocycles. The van der Waals surface area contributed by atoms with Gasteiger partial charge in [0.1, 0.15) is 22.9 Å². The molecule has 1 saturated heterocycles. The summed E-state index contributed by atoms with van der Waals surface area (Å²) in [5.41, 5.74) is 0.604. The maximum Gasteiger partial charge on any atom is 0.352 e. The number of fused-ring (bicyclic) bond motifs is 1. The normalized spacial score (nSPS) is 18.5. The van der Waals surface area contributed by atoms with Gasteiger partial charge in [-0.3, -0.25) is 14.5 Å². The summed E-state index contributed by atoms with van der Waals surface area (Å²) in [6.07, 6.45) is 0. The molecule has 13 nitrogen and oxygen atoms in total. The molecule has 212 valence electrons. The van der Waals surface area contributed by atoms with Gasteiger partial charge in [0.05, 0.1) is 0 Å². The van der Waals surface area contributed by atoms with Crippen LogP contribution < -0.4 is 5.32 Å². The average molecular weight is 614 g/mol. The number of hydrogen-bond acceptors (Lipinski definition) is 12. The predicted molar refractivity (Wildman–Crippen MR) is 152 cm³/mol. The molecule has 3 N–H and O–H groups in total. The number of oxime groups is 1. The second-order valence-corrected chi connectivity index (χ2v) is 11.7. The smallest absolute Gasteiger partial charge is 0.352 e. The van der Waals surface area contributed by atoms with Crippen molar-refractivity contribution >= 4 is 58.8 Å². The van der Waals surface area contributed by atoms with Crippen LogP contribution in [0.15, 0.2) is 81.1 Å².